The summed E-state index contributed by atoms with van der Waals surface area (Å²) in [6.45, 7) is 8.98. The number of ether oxygens (including phenoxy) is 1. The lowest BCUT2D eigenvalue weighted by molar-refractivity contribution is -0.134. The molecule has 1 fully saturated rings. The first-order valence-corrected chi connectivity index (χ1v) is 11.4. The van der Waals surface area contributed by atoms with Crippen LogP contribution in [0.5, 0.6) is 5.75 Å². The van der Waals surface area contributed by atoms with Crippen molar-refractivity contribution in [1.82, 2.24) is 15.2 Å². The molecule has 0 bridgehead atoms. The van der Waals surface area contributed by atoms with E-state index in [1.807, 2.05) is 37.8 Å². The van der Waals surface area contributed by atoms with Gasteiger partial charge in [-0.05, 0) is 65.2 Å². The molecule has 8 heteroatoms. The number of hydrogen-bond acceptors (Lipinski definition) is 5. The molecule has 0 spiro atoms. The van der Waals surface area contributed by atoms with Crippen LogP contribution < -0.4 is 15.0 Å². The van der Waals surface area contributed by atoms with Gasteiger partial charge in [-0.15, -0.1) is 0 Å². The summed E-state index contributed by atoms with van der Waals surface area (Å²) in [7, 11) is 0. The molecule has 1 aromatic carbocycles. The van der Waals surface area contributed by atoms with Gasteiger partial charge in [-0.2, -0.15) is 0 Å². The number of nitrogens with zero attached hydrogens (tertiary/aromatic N) is 3. The van der Waals surface area contributed by atoms with Crippen molar-refractivity contribution in [1.29, 1.82) is 0 Å². The zero-order chi connectivity index (χ0) is 22.4. The lowest BCUT2D eigenvalue weighted by atomic mass is 10.0. The molecule has 1 saturated heterocycles. The summed E-state index contributed by atoms with van der Waals surface area (Å²) in [5.41, 5.74) is 0.507. The van der Waals surface area contributed by atoms with Crippen molar-refractivity contribution in [2.45, 2.75) is 26.8 Å². The van der Waals surface area contributed by atoms with E-state index in [9.17, 15) is 9.59 Å². The van der Waals surface area contributed by atoms with Gasteiger partial charge in [0.1, 0.15) is 17.6 Å². The van der Waals surface area contributed by atoms with Crippen LogP contribution in [-0.4, -0.2) is 60.5 Å². The predicted octanol–water partition coefficient (Wildman–Crippen LogP) is 3.35. The molecule has 1 atom stereocenters. The normalized spacial score (nSPS) is 15.0. The molecule has 3 rings (SSSR count). The minimum atomic E-state index is -0.573. The summed E-state index contributed by atoms with van der Waals surface area (Å²) in [5, 5.41) is 2.93. The van der Waals surface area contributed by atoms with E-state index in [1.54, 1.807) is 30.5 Å². The Hall–Kier alpha value is -2.61. The number of rotatable bonds is 7. The van der Waals surface area contributed by atoms with Gasteiger partial charge in [-0.25, -0.2) is 4.98 Å². The molecule has 1 N–H and O–H groups in total. The highest BCUT2D eigenvalue weighted by molar-refractivity contribution is 9.10. The smallest absolute Gasteiger partial charge is 0.251 e. The Balaban J connectivity index is 1.60. The third-order valence-corrected chi connectivity index (χ3v) is 5.74. The Morgan fingerprint density at radius 3 is 2.32 bits per heavy atom. The third-order valence-electron chi connectivity index (χ3n) is 5.27. The summed E-state index contributed by atoms with van der Waals surface area (Å²) in [5.74, 6) is 1.30. The Morgan fingerprint density at radius 2 is 1.77 bits per heavy atom. The van der Waals surface area contributed by atoms with Crippen molar-refractivity contribution in [2.24, 2.45) is 5.92 Å². The van der Waals surface area contributed by atoms with Gasteiger partial charge in [0.15, 0.2) is 0 Å². The molecule has 2 amide bonds. The number of carbonyl (C=O) groups excluding carboxylic acids is 2. The lowest BCUT2D eigenvalue weighted by Gasteiger charge is -2.37. The van der Waals surface area contributed by atoms with Crippen molar-refractivity contribution in [2.75, 3.05) is 37.7 Å². The van der Waals surface area contributed by atoms with E-state index in [0.717, 1.165) is 10.3 Å². The van der Waals surface area contributed by atoms with Crippen molar-refractivity contribution in [3.8, 4) is 5.75 Å². The fourth-order valence-corrected chi connectivity index (χ4v) is 3.75. The number of hydrogen-bond donors (Lipinski definition) is 1. The quantitative estimate of drug-likeness (QED) is 0.646. The van der Waals surface area contributed by atoms with Gasteiger partial charge in [0, 0.05) is 42.4 Å². The maximum Gasteiger partial charge on any atom is 0.251 e. The van der Waals surface area contributed by atoms with Crippen LogP contribution in [0.15, 0.2) is 47.1 Å². The summed E-state index contributed by atoms with van der Waals surface area (Å²) in [4.78, 5) is 34.4. The number of aromatic nitrogens is 1. The highest BCUT2D eigenvalue weighted by Gasteiger charge is 2.31. The van der Waals surface area contributed by atoms with Gasteiger partial charge < -0.3 is 19.9 Å². The van der Waals surface area contributed by atoms with Crippen LogP contribution in [0.25, 0.3) is 0 Å². The third kappa shape index (κ3) is 5.97. The van der Waals surface area contributed by atoms with E-state index in [4.69, 9.17) is 4.74 Å². The Labute approximate surface area is 191 Å². The molecule has 7 nitrogen and oxygen atoms in total. The number of nitrogens with one attached hydrogen (secondary N) is 1. The molecule has 1 aliphatic rings. The summed E-state index contributed by atoms with van der Waals surface area (Å²) < 4.78 is 6.36. The van der Waals surface area contributed by atoms with Gasteiger partial charge in [0.05, 0.1) is 6.61 Å². The molecule has 2 heterocycles. The maximum atomic E-state index is 13.2. The van der Waals surface area contributed by atoms with E-state index >= 15 is 0 Å². The zero-order valence-electron chi connectivity index (χ0n) is 18.2. The van der Waals surface area contributed by atoms with Gasteiger partial charge in [0.2, 0.25) is 5.91 Å². The number of benzene rings is 1. The van der Waals surface area contributed by atoms with Crippen LogP contribution in [0.3, 0.4) is 0 Å². The number of amides is 2. The average Bonchev–Trinajstić information content (AvgIpc) is 2.78. The van der Waals surface area contributed by atoms with Gasteiger partial charge in [-0.3, -0.25) is 9.59 Å². The molecular formula is C23H29BrN4O3. The zero-order valence-corrected chi connectivity index (χ0v) is 19.8. The molecule has 1 aliphatic heterocycles. The fraction of sp³-hybridized carbons (Fsp3) is 0.435. The van der Waals surface area contributed by atoms with Crippen LogP contribution in [-0.2, 0) is 4.79 Å². The molecule has 31 heavy (non-hydrogen) atoms. The summed E-state index contributed by atoms with van der Waals surface area (Å²) in [6, 6.07) is 10.3. The number of halogens is 1. The monoisotopic (exact) mass is 488 g/mol. The minimum Gasteiger partial charge on any atom is -0.494 e. The Bertz CT molecular complexity index is 879. The molecule has 1 unspecified atom stereocenters. The molecule has 2 aromatic rings. The second kappa shape index (κ2) is 10.6. The molecule has 0 saturated carbocycles. The van der Waals surface area contributed by atoms with Crippen molar-refractivity contribution in [3.63, 3.8) is 0 Å². The largest absolute Gasteiger partial charge is 0.494 e. The average molecular weight is 489 g/mol. The first-order valence-electron chi connectivity index (χ1n) is 10.6. The van der Waals surface area contributed by atoms with Gasteiger partial charge in [0.25, 0.3) is 5.91 Å². The van der Waals surface area contributed by atoms with Crippen molar-refractivity contribution >= 4 is 33.6 Å². The van der Waals surface area contributed by atoms with E-state index < -0.39 is 6.04 Å². The molecule has 166 valence electrons. The van der Waals surface area contributed by atoms with Crippen LogP contribution in [0.1, 0.15) is 31.1 Å². The van der Waals surface area contributed by atoms with E-state index in [-0.39, 0.29) is 17.7 Å². The minimum absolute atomic E-state index is 0.0229. The van der Waals surface area contributed by atoms with Crippen LogP contribution >= 0.6 is 15.9 Å². The second-order valence-corrected chi connectivity index (χ2v) is 8.72. The van der Waals surface area contributed by atoms with Crippen LogP contribution in [0, 0.1) is 5.92 Å². The number of carbonyl (C=O) groups is 2. The molecule has 0 aliphatic carbocycles. The van der Waals surface area contributed by atoms with Gasteiger partial charge in [-0.1, -0.05) is 13.8 Å². The lowest BCUT2D eigenvalue weighted by Crippen LogP contribution is -2.56. The number of pyridine rings is 1. The number of piperazine rings is 1. The Kier molecular flexibility index (Phi) is 7.90. The summed E-state index contributed by atoms with van der Waals surface area (Å²) >= 11 is 3.40. The Morgan fingerprint density at radius 1 is 1.10 bits per heavy atom. The fourth-order valence-electron chi connectivity index (χ4n) is 3.52. The van der Waals surface area contributed by atoms with Gasteiger partial charge >= 0.3 is 0 Å². The first kappa shape index (κ1) is 23.1. The molecular weight excluding hydrogens is 460 g/mol. The maximum absolute atomic E-state index is 13.2. The predicted molar refractivity (Wildman–Crippen MR) is 124 cm³/mol. The van der Waals surface area contributed by atoms with E-state index in [0.29, 0.717) is 44.1 Å². The van der Waals surface area contributed by atoms with Crippen molar-refractivity contribution in [3.05, 3.63) is 52.6 Å². The van der Waals surface area contributed by atoms with E-state index in [2.05, 4.69) is 31.1 Å². The number of anilines is 1. The highest BCUT2D eigenvalue weighted by atomic mass is 79.9. The standard InChI is InChI=1S/C23H29BrN4O3/c1-4-31-19-8-5-17(6-9-19)22(29)26-21(16(2)3)23(30)28-13-11-27(12-14-28)20-10-7-18(24)15-25-20/h5-10,15-16,21H,4,11-14H2,1-3H3,(H,26,29). The van der Waals surface area contributed by atoms with Crippen LogP contribution in [0.4, 0.5) is 5.82 Å². The highest BCUT2D eigenvalue weighted by Crippen LogP contribution is 2.18. The molecule has 1 aromatic heterocycles. The summed E-state index contributed by atoms with van der Waals surface area (Å²) in [6.07, 6.45) is 1.78. The topological polar surface area (TPSA) is 74.8 Å². The van der Waals surface area contributed by atoms with Crippen molar-refractivity contribution < 1.29 is 14.3 Å². The molecule has 0 radical (unpaired) electrons. The van der Waals surface area contributed by atoms with Crippen LogP contribution in [0.2, 0.25) is 0 Å². The first-order chi connectivity index (χ1) is 14.9. The SMILES string of the molecule is CCOc1ccc(C(=O)NC(C(=O)N2CCN(c3ccc(Br)cn3)CC2)C(C)C)cc1. The van der Waals surface area contributed by atoms with E-state index in [1.165, 1.54) is 0 Å². The second-order valence-electron chi connectivity index (χ2n) is 7.80.